The van der Waals surface area contributed by atoms with Crippen LogP contribution in [0.15, 0.2) is 55.0 Å². The van der Waals surface area contributed by atoms with E-state index in [-0.39, 0.29) is 11.9 Å². The van der Waals surface area contributed by atoms with E-state index >= 15 is 0 Å². The number of hydrogen-bond donors (Lipinski definition) is 1. The summed E-state index contributed by atoms with van der Waals surface area (Å²) in [5.41, 5.74) is 5.19. The lowest BCUT2D eigenvalue weighted by atomic mass is 10.0. The summed E-state index contributed by atoms with van der Waals surface area (Å²) in [6.07, 6.45) is 7.98. The molecule has 1 atom stereocenters. The SMILES string of the molecule is C[C@@H](C(=O)NCc1cccc(-c2nn(C)cc2-c2ccncc2)c1)N1CCCC1. The zero-order chi connectivity index (χ0) is 20.2. The molecule has 2 aromatic heterocycles. The van der Waals surface area contributed by atoms with Crippen molar-refractivity contribution in [1.82, 2.24) is 25.0 Å². The quantitative estimate of drug-likeness (QED) is 0.703. The number of aryl methyl sites for hydroxylation is 1. The van der Waals surface area contributed by atoms with Gasteiger partial charge in [-0.1, -0.05) is 18.2 Å². The number of nitrogens with zero attached hydrogens (tertiary/aromatic N) is 4. The zero-order valence-corrected chi connectivity index (χ0v) is 17.0. The number of benzene rings is 1. The Balaban J connectivity index is 1.50. The van der Waals surface area contributed by atoms with Gasteiger partial charge in [-0.15, -0.1) is 0 Å². The van der Waals surface area contributed by atoms with Gasteiger partial charge < -0.3 is 5.32 Å². The molecule has 29 heavy (non-hydrogen) atoms. The van der Waals surface area contributed by atoms with Gasteiger partial charge in [0.05, 0.1) is 6.04 Å². The first-order valence-corrected chi connectivity index (χ1v) is 10.2. The number of hydrogen-bond acceptors (Lipinski definition) is 4. The highest BCUT2D eigenvalue weighted by molar-refractivity contribution is 5.82. The van der Waals surface area contributed by atoms with E-state index in [0.29, 0.717) is 6.54 Å². The van der Waals surface area contributed by atoms with Gasteiger partial charge >= 0.3 is 0 Å². The summed E-state index contributed by atoms with van der Waals surface area (Å²) in [6.45, 7) is 4.54. The molecule has 1 aliphatic rings. The molecule has 1 N–H and O–H groups in total. The third-order valence-electron chi connectivity index (χ3n) is 5.56. The number of nitrogens with one attached hydrogen (secondary N) is 1. The topological polar surface area (TPSA) is 63.1 Å². The zero-order valence-electron chi connectivity index (χ0n) is 17.0. The highest BCUT2D eigenvalue weighted by Gasteiger charge is 2.23. The Hall–Kier alpha value is -2.99. The maximum atomic E-state index is 12.5. The van der Waals surface area contributed by atoms with Crippen LogP contribution in [0.4, 0.5) is 0 Å². The molecule has 0 radical (unpaired) electrons. The Labute approximate surface area is 171 Å². The second-order valence-corrected chi connectivity index (χ2v) is 7.64. The standard InChI is InChI=1S/C23H27N5O/c1-17(28-12-3-4-13-28)23(29)25-15-18-6-5-7-20(14-18)22-21(16-27(2)26-22)19-8-10-24-11-9-19/h5-11,14,16-17H,3-4,12-13,15H2,1-2H3,(H,25,29)/t17-/m0/s1. The molecule has 3 aromatic rings. The maximum Gasteiger partial charge on any atom is 0.237 e. The van der Waals surface area contributed by atoms with Crippen molar-refractivity contribution in [3.63, 3.8) is 0 Å². The van der Waals surface area contributed by atoms with Gasteiger partial charge in [0.15, 0.2) is 0 Å². The van der Waals surface area contributed by atoms with Crippen molar-refractivity contribution in [3.05, 3.63) is 60.6 Å². The number of pyridine rings is 1. The summed E-state index contributed by atoms with van der Waals surface area (Å²) in [7, 11) is 1.93. The van der Waals surface area contributed by atoms with Crippen LogP contribution < -0.4 is 5.32 Å². The molecule has 3 heterocycles. The molecular weight excluding hydrogens is 362 g/mol. The van der Waals surface area contributed by atoms with Crippen LogP contribution in [0.5, 0.6) is 0 Å². The number of rotatable bonds is 6. The van der Waals surface area contributed by atoms with Gasteiger partial charge in [-0.05, 0) is 62.2 Å². The van der Waals surface area contributed by atoms with Crippen LogP contribution in [0.1, 0.15) is 25.3 Å². The molecular formula is C23H27N5O. The van der Waals surface area contributed by atoms with Gasteiger partial charge in [0, 0.05) is 43.3 Å². The molecule has 0 aliphatic carbocycles. The van der Waals surface area contributed by atoms with Crippen LogP contribution in [0.3, 0.4) is 0 Å². The number of aromatic nitrogens is 3. The maximum absolute atomic E-state index is 12.5. The molecule has 0 bridgehead atoms. The molecule has 0 unspecified atom stereocenters. The minimum Gasteiger partial charge on any atom is -0.351 e. The summed E-state index contributed by atoms with van der Waals surface area (Å²) in [4.78, 5) is 18.9. The molecule has 1 saturated heterocycles. The molecule has 6 heteroatoms. The molecule has 6 nitrogen and oxygen atoms in total. The van der Waals surface area contributed by atoms with E-state index < -0.39 is 0 Å². The van der Waals surface area contributed by atoms with E-state index in [0.717, 1.165) is 41.0 Å². The third kappa shape index (κ3) is 4.38. The van der Waals surface area contributed by atoms with E-state index in [1.54, 1.807) is 12.4 Å². The summed E-state index contributed by atoms with van der Waals surface area (Å²) >= 11 is 0. The first-order chi connectivity index (χ1) is 14.1. The lowest BCUT2D eigenvalue weighted by Gasteiger charge is -2.22. The van der Waals surface area contributed by atoms with E-state index in [4.69, 9.17) is 0 Å². The van der Waals surface area contributed by atoms with Crippen molar-refractivity contribution in [2.24, 2.45) is 7.05 Å². The number of carbonyl (C=O) groups is 1. The second kappa shape index (κ2) is 8.57. The molecule has 1 aromatic carbocycles. The fourth-order valence-corrected chi connectivity index (χ4v) is 3.90. The lowest BCUT2D eigenvalue weighted by Crippen LogP contribution is -2.43. The van der Waals surface area contributed by atoms with Crippen LogP contribution in [-0.4, -0.2) is 44.7 Å². The van der Waals surface area contributed by atoms with Crippen LogP contribution >= 0.6 is 0 Å². The van der Waals surface area contributed by atoms with Crippen molar-refractivity contribution < 1.29 is 4.79 Å². The number of amides is 1. The van der Waals surface area contributed by atoms with Gasteiger partial charge in [-0.3, -0.25) is 19.4 Å². The van der Waals surface area contributed by atoms with Crippen molar-refractivity contribution >= 4 is 5.91 Å². The van der Waals surface area contributed by atoms with E-state index in [9.17, 15) is 4.79 Å². The molecule has 1 fully saturated rings. The van der Waals surface area contributed by atoms with E-state index in [2.05, 4.69) is 32.4 Å². The average Bonchev–Trinajstić information content (AvgIpc) is 3.42. The Morgan fingerprint density at radius 1 is 1.14 bits per heavy atom. The molecule has 1 aliphatic heterocycles. The van der Waals surface area contributed by atoms with Crippen molar-refractivity contribution in [3.8, 4) is 22.4 Å². The molecule has 0 spiro atoms. The van der Waals surface area contributed by atoms with Gasteiger partial charge in [-0.25, -0.2) is 0 Å². The van der Waals surface area contributed by atoms with E-state index in [1.165, 1.54) is 12.8 Å². The van der Waals surface area contributed by atoms with Crippen molar-refractivity contribution in [2.45, 2.75) is 32.4 Å². The summed E-state index contributed by atoms with van der Waals surface area (Å²) in [5, 5.41) is 7.77. The average molecular weight is 390 g/mol. The van der Waals surface area contributed by atoms with Gasteiger partial charge in [0.25, 0.3) is 0 Å². The Kier molecular flexibility index (Phi) is 5.71. The van der Waals surface area contributed by atoms with Crippen molar-refractivity contribution in [1.29, 1.82) is 0 Å². The normalized spacial score (nSPS) is 15.4. The van der Waals surface area contributed by atoms with Gasteiger partial charge in [0.2, 0.25) is 5.91 Å². The highest BCUT2D eigenvalue weighted by Crippen LogP contribution is 2.30. The lowest BCUT2D eigenvalue weighted by molar-refractivity contribution is -0.125. The smallest absolute Gasteiger partial charge is 0.237 e. The first-order valence-electron chi connectivity index (χ1n) is 10.2. The Morgan fingerprint density at radius 3 is 2.66 bits per heavy atom. The fraction of sp³-hybridized carbons (Fsp3) is 0.348. The monoisotopic (exact) mass is 389 g/mol. The molecule has 1 amide bonds. The number of likely N-dealkylation sites (tertiary alicyclic amines) is 1. The van der Waals surface area contributed by atoms with Gasteiger partial charge in [0.1, 0.15) is 5.69 Å². The molecule has 0 saturated carbocycles. The van der Waals surface area contributed by atoms with Crippen LogP contribution in [-0.2, 0) is 18.4 Å². The Morgan fingerprint density at radius 2 is 1.90 bits per heavy atom. The minimum atomic E-state index is -0.0743. The summed E-state index contributed by atoms with van der Waals surface area (Å²) < 4.78 is 1.83. The molecule has 4 rings (SSSR count). The molecule has 150 valence electrons. The second-order valence-electron chi connectivity index (χ2n) is 7.64. The van der Waals surface area contributed by atoms with Crippen LogP contribution in [0.25, 0.3) is 22.4 Å². The van der Waals surface area contributed by atoms with Crippen LogP contribution in [0, 0.1) is 0 Å². The summed E-state index contributed by atoms with van der Waals surface area (Å²) in [5.74, 6) is 0.0904. The number of carbonyl (C=O) groups excluding carboxylic acids is 1. The van der Waals surface area contributed by atoms with Crippen molar-refractivity contribution in [2.75, 3.05) is 13.1 Å². The Bertz CT molecular complexity index is 976. The fourth-order valence-electron chi connectivity index (χ4n) is 3.90. The minimum absolute atomic E-state index is 0.0743. The van der Waals surface area contributed by atoms with Gasteiger partial charge in [-0.2, -0.15) is 5.10 Å². The largest absolute Gasteiger partial charge is 0.351 e. The summed E-state index contributed by atoms with van der Waals surface area (Å²) in [6, 6.07) is 12.1. The highest BCUT2D eigenvalue weighted by atomic mass is 16.2. The van der Waals surface area contributed by atoms with Crippen LogP contribution in [0.2, 0.25) is 0 Å². The van der Waals surface area contributed by atoms with E-state index in [1.807, 2.05) is 49.1 Å². The predicted molar refractivity (Wildman–Crippen MR) is 114 cm³/mol. The third-order valence-corrected chi connectivity index (χ3v) is 5.56. The first kappa shape index (κ1) is 19.3. The predicted octanol–water partition coefficient (Wildman–Crippen LogP) is 3.25.